The number of nitrogens with one attached hydrogen (secondary N) is 1. The average molecular weight is 233 g/mol. The second-order valence-corrected chi connectivity index (χ2v) is 3.50. The van der Waals surface area contributed by atoms with Gasteiger partial charge in [0, 0.05) is 6.54 Å². The van der Waals surface area contributed by atoms with E-state index in [1.165, 1.54) is 0 Å². The van der Waals surface area contributed by atoms with Crippen molar-refractivity contribution in [1.29, 1.82) is 0 Å². The zero-order chi connectivity index (χ0) is 12.0. The van der Waals surface area contributed by atoms with Gasteiger partial charge in [-0.25, -0.2) is 0 Å². The van der Waals surface area contributed by atoms with E-state index in [9.17, 15) is 13.2 Å². The van der Waals surface area contributed by atoms with Crippen molar-refractivity contribution in [2.45, 2.75) is 18.7 Å². The summed E-state index contributed by atoms with van der Waals surface area (Å²) in [7, 11) is 0. The third kappa shape index (κ3) is 4.63. The van der Waals surface area contributed by atoms with Crippen LogP contribution in [0.1, 0.15) is 5.56 Å². The number of hydrogen-bond acceptors (Lipinski definition) is 2. The molecule has 0 aliphatic heterocycles. The molecule has 0 aliphatic rings. The van der Waals surface area contributed by atoms with Gasteiger partial charge in [-0.15, -0.1) is 0 Å². The maximum atomic E-state index is 11.9. The Morgan fingerprint density at radius 2 is 1.81 bits per heavy atom. The summed E-state index contributed by atoms with van der Waals surface area (Å²) in [4.78, 5) is 0. The minimum absolute atomic E-state index is 0.414. The zero-order valence-electron chi connectivity index (χ0n) is 8.67. The Morgan fingerprint density at radius 3 is 2.38 bits per heavy atom. The highest BCUT2D eigenvalue weighted by Crippen LogP contribution is 2.19. The molecular weight excluding hydrogens is 219 g/mol. The molecule has 0 aromatic heterocycles. The predicted molar refractivity (Wildman–Crippen MR) is 55.1 cm³/mol. The molecule has 1 atom stereocenters. The molecule has 1 unspecified atom stereocenters. The van der Waals surface area contributed by atoms with Gasteiger partial charge in [0.05, 0.1) is 0 Å². The normalized spacial score (nSPS) is 13.8. The van der Waals surface area contributed by atoms with Crippen molar-refractivity contribution < 1.29 is 18.3 Å². The average Bonchev–Trinajstić information content (AvgIpc) is 2.24. The fraction of sp³-hybridized carbons (Fsp3) is 0.455. The third-order valence-corrected chi connectivity index (χ3v) is 2.15. The van der Waals surface area contributed by atoms with Crippen LogP contribution in [0.3, 0.4) is 0 Å². The van der Waals surface area contributed by atoms with E-state index in [1.807, 2.05) is 30.3 Å². The number of aliphatic hydroxyl groups excluding tert-OH is 1. The van der Waals surface area contributed by atoms with Crippen molar-refractivity contribution in [2.24, 2.45) is 0 Å². The Labute approximate surface area is 92.1 Å². The first kappa shape index (κ1) is 13.0. The molecule has 1 aromatic carbocycles. The molecule has 0 spiro atoms. The maximum Gasteiger partial charge on any atom is 0.415 e. The molecule has 90 valence electrons. The molecule has 0 fully saturated rings. The lowest BCUT2D eigenvalue weighted by atomic mass is 10.1. The number of rotatable bonds is 5. The molecule has 16 heavy (non-hydrogen) atoms. The minimum atomic E-state index is -4.54. The molecule has 1 aromatic rings. The van der Waals surface area contributed by atoms with E-state index in [0.29, 0.717) is 13.0 Å². The Hall–Kier alpha value is -1.07. The van der Waals surface area contributed by atoms with Gasteiger partial charge in [-0.1, -0.05) is 30.3 Å². The lowest BCUT2D eigenvalue weighted by Gasteiger charge is -2.14. The SMILES string of the molecule is OC(CNCCc1ccccc1)C(F)(F)F. The van der Waals surface area contributed by atoms with Crippen LogP contribution in [-0.4, -0.2) is 30.5 Å². The van der Waals surface area contributed by atoms with Crippen molar-refractivity contribution in [3.8, 4) is 0 Å². The first-order valence-corrected chi connectivity index (χ1v) is 4.99. The maximum absolute atomic E-state index is 11.9. The lowest BCUT2D eigenvalue weighted by molar-refractivity contribution is -0.201. The summed E-state index contributed by atoms with van der Waals surface area (Å²) in [5, 5.41) is 11.3. The van der Waals surface area contributed by atoms with E-state index in [-0.39, 0.29) is 0 Å². The van der Waals surface area contributed by atoms with Crippen molar-refractivity contribution in [2.75, 3.05) is 13.1 Å². The van der Waals surface area contributed by atoms with Crippen LogP contribution in [0.4, 0.5) is 13.2 Å². The summed E-state index contributed by atoms with van der Waals surface area (Å²) in [6, 6.07) is 9.44. The summed E-state index contributed by atoms with van der Waals surface area (Å²) in [6.45, 7) is -0.0481. The van der Waals surface area contributed by atoms with E-state index in [2.05, 4.69) is 5.32 Å². The molecule has 2 N–H and O–H groups in total. The van der Waals surface area contributed by atoms with Crippen LogP contribution >= 0.6 is 0 Å². The molecule has 5 heteroatoms. The van der Waals surface area contributed by atoms with Crippen LogP contribution in [0.2, 0.25) is 0 Å². The molecule has 0 aliphatic carbocycles. The monoisotopic (exact) mass is 233 g/mol. The highest BCUT2D eigenvalue weighted by molar-refractivity contribution is 5.14. The van der Waals surface area contributed by atoms with Gasteiger partial charge in [0.15, 0.2) is 6.10 Å². The molecule has 0 saturated heterocycles. The van der Waals surface area contributed by atoms with Crippen LogP contribution in [0, 0.1) is 0 Å². The topological polar surface area (TPSA) is 32.3 Å². The molecule has 0 radical (unpaired) electrons. The van der Waals surface area contributed by atoms with E-state index >= 15 is 0 Å². The summed E-state index contributed by atoms with van der Waals surface area (Å²) in [6.07, 6.45) is -6.19. The molecule has 0 saturated carbocycles. The highest BCUT2D eigenvalue weighted by atomic mass is 19.4. The Balaban J connectivity index is 2.18. The predicted octanol–water partition coefficient (Wildman–Crippen LogP) is 1.74. The number of benzene rings is 1. The third-order valence-electron chi connectivity index (χ3n) is 2.15. The van der Waals surface area contributed by atoms with Crippen LogP contribution in [-0.2, 0) is 6.42 Å². The van der Waals surface area contributed by atoms with Gasteiger partial charge in [-0.05, 0) is 18.5 Å². The molecule has 0 bridgehead atoms. The van der Waals surface area contributed by atoms with Crippen molar-refractivity contribution in [3.05, 3.63) is 35.9 Å². The van der Waals surface area contributed by atoms with Crippen molar-refractivity contribution >= 4 is 0 Å². The first-order valence-electron chi connectivity index (χ1n) is 4.99. The smallest absolute Gasteiger partial charge is 0.382 e. The van der Waals surface area contributed by atoms with Gasteiger partial charge in [0.25, 0.3) is 0 Å². The van der Waals surface area contributed by atoms with Gasteiger partial charge in [0.2, 0.25) is 0 Å². The number of aliphatic hydroxyl groups is 1. The van der Waals surface area contributed by atoms with Crippen LogP contribution in [0.25, 0.3) is 0 Å². The molecular formula is C11H14F3NO. The van der Waals surface area contributed by atoms with Gasteiger partial charge in [0.1, 0.15) is 0 Å². The van der Waals surface area contributed by atoms with Gasteiger partial charge in [-0.3, -0.25) is 0 Å². The molecule has 0 amide bonds. The van der Waals surface area contributed by atoms with Gasteiger partial charge in [-0.2, -0.15) is 13.2 Å². The largest absolute Gasteiger partial charge is 0.415 e. The summed E-state index contributed by atoms with van der Waals surface area (Å²) >= 11 is 0. The van der Waals surface area contributed by atoms with E-state index in [1.54, 1.807) is 0 Å². The van der Waals surface area contributed by atoms with Gasteiger partial charge >= 0.3 is 6.18 Å². The number of halogens is 3. The highest BCUT2D eigenvalue weighted by Gasteiger charge is 2.37. The standard InChI is InChI=1S/C11H14F3NO/c12-11(13,14)10(16)8-15-7-6-9-4-2-1-3-5-9/h1-5,10,15-16H,6-8H2. The summed E-state index contributed by atoms with van der Waals surface area (Å²) in [5.74, 6) is 0. The van der Waals surface area contributed by atoms with Gasteiger partial charge < -0.3 is 10.4 Å². The second-order valence-electron chi connectivity index (χ2n) is 3.50. The fourth-order valence-electron chi connectivity index (χ4n) is 1.23. The van der Waals surface area contributed by atoms with Crippen molar-refractivity contribution in [1.82, 2.24) is 5.32 Å². The summed E-state index contributed by atoms with van der Waals surface area (Å²) < 4.78 is 35.7. The lowest BCUT2D eigenvalue weighted by Crippen LogP contribution is -2.38. The van der Waals surface area contributed by atoms with E-state index in [0.717, 1.165) is 5.56 Å². The second kappa shape index (κ2) is 5.86. The molecule has 2 nitrogen and oxygen atoms in total. The minimum Gasteiger partial charge on any atom is -0.382 e. The van der Waals surface area contributed by atoms with E-state index in [4.69, 9.17) is 5.11 Å². The Bertz CT molecular complexity index is 300. The van der Waals surface area contributed by atoms with Crippen LogP contribution in [0.5, 0.6) is 0 Å². The summed E-state index contributed by atoms with van der Waals surface area (Å²) in [5.41, 5.74) is 1.05. The molecule has 1 rings (SSSR count). The quantitative estimate of drug-likeness (QED) is 0.759. The Morgan fingerprint density at radius 1 is 1.19 bits per heavy atom. The zero-order valence-corrected chi connectivity index (χ0v) is 8.67. The molecule has 0 heterocycles. The number of hydrogen-bond donors (Lipinski definition) is 2. The fourth-order valence-corrected chi connectivity index (χ4v) is 1.23. The van der Waals surface area contributed by atoms with Crippen molar-refractivity contribution in [3.63, 3.8) is 0 Å². The number of alkyl halides is 3. The van der Waals surface area contributed by atoms with E-state index < -0.39 is 18.8 Å². The van der Waals surface area contributed by atoms with Crippen LogP contribution < -0.4 is 5.32 Å². The Kier molecular flexibility index (Phi) is 4.76. The van der Waals surface area contributed by atoms with Crippen LogP contribution in [0.15, 0.2) is 30.3 Å². The first-order chi connectivity index (χ1) is 7.50.